The van der Waals surface area contributed by atoms with E-state index in [2.05, 4.69) is 5.32 Å². The summed E-state index contributed by atoms with van der Waals surface area (Å²) in [5.74, 6) is 0.600. The molecule has 0 aliphatic carbocycles. The van der Waals surface area contributed by atoms with Crippen LogP contribution in [0.4, 0.5) is 11.4 Å². The van der Waals surface area contributed by atoms with Gasteiger partial charge in [-0.1, -0.05) is 18.2 Å². The van der Waals surface area contributed by atoms with E-state index in [9.17, 15) is 9.59 Å². The second kappa shape index (κ2) is 8.53. The highest BCUT2D eigenvalue weighted by Gasteiger charge is 2.41. The lowest BCUT2D eigenvalue weighted by molar-refractivity contribution is -0.120. The Balaban J connectivity index is 1.80. The van der Waals surface area contributed by atoms with E-state index in [-0.39, 0.29) is 5.70 Å². The van der Waals surface area contributed by atoms with Crippen molar-refractivity contribution in [3.8, 4) is 17.2 Å². The van der Waals surface area contributed by atoms with Crippen molar-refractivity contribution < 1.29 is 23.8 Å². The summed E-state index contributed by atoms with van der Waals surface area (Å²) in [7, 11) is 4.57. The summed E-state index contributed by atoms with van der Waals surface area (Å²) < 4.78 is 16.0. The molecule has 0 unspecified atom stereocenters. The van der Waals surface area contributed by atoms with E-state index in [1.54, 1.807) is 37.4 Å². The van der Waals surface area contributed by atoms with Crippen LogP contribution in [0.2, 0.25) is 0 Å². The zero-order chi connectivity index (χ0) is 22.0. The Morgan fingerprint density at radius 1 is 0.806 bits per heavy atom. The summed E-state index contributed by atoms with van der Waals surface area (Å²) in [5.41, 5.74) is 1.47. The maximum Gasteiger partial charge on any atom is 0.282 e. The Kier molecular flexibility index (Phi) is 5.64. The molecule has 0 bridgehead atoms. The van der Waals surface area contributed by atoms with Crippen LogP contribution in [-0.4, -0.2) is 33.1 Å². The number of rotatable bonds is 7. The van der Waals surface area contributed by atoms with Crippen LogP contribution in [-0.2, 0) is 9.59 Å². The average Bonchev–Trinajstić information content (AvgIpc) is 3.40. The highest BCUT2D eigenvalue weighted by Crippen LogP contribution is 2.39. The van der Waals surface area contributed by atoms with Crippen molar-refractivity contribution in [2.45, 2.75) is 0 Å². The molecule has 0 atom stereocenters. The van der Waals surface area contributed by atoms with E-state index >= 15 is 0 Å². The summed E-state index contributed by atoms with van der Waals surface area (Å²) in [6.07, 6.45) is 0. The lowest BCUT2D eigenvalue weighted by Gasteiger charge is -2.17. The van der Waals surface area contributed by atoms with Gasteiger partial charge >= 0.3 is 0 Å². The summed E-state index contributed by atoms with van der Waals surface area (Å²) in [6, 6.07) is 15.8. The minimum atomic E-state index is -0.466. The molecule has 2 amide bonds. The Hall–Kier alpha value is -3.78. The molecular formula is C23H20N2O5S. The normalized spacial score (nSPS) is 13.6. The number of benzene rings is 2. The number of imide groups is 1. The number of nitrogens with one attached hydrogen (secondary N) is 1. The van der Waals surface area contributed by atoms with Crippen molar-refractivity contribution in [3.05, 3.63) is 70.6 Å². The van der Waals surface area contributed by atoms with Crippen molar-refractivity contribution in [2.24, 2.45) is 0 Å². The molecule has 31 heavy (non-hydrogen) atoms. The van der Waals surface area contributed by atoms with E-state index in [1.807, 2.05) is 29.6 Å². The Labute approximate surface area is 183 Å². The average molecular weight is 436 g/mol. The molecule has 3 aromatic rings. The third-order valence-electron chi connectivity index (χ3n) is 4.84. The van der Waals surface area contributed by atoms with Crippen molar-refractivity contribution in [1.82, 2.24) is 0 Å². The van der Waals surface area contributed by atoms with Crippen LogP contribution in [0.1, 0.15) is 4.88 Å². The Bertz CT molecular complexity index is 1170. The standard InChI is InChI=1S/C23H20N2O5S/c1-28-16-8-5-4-7-15(16)24-21-20(19-9-6-12-31-19)22(26)25(23(21)27)14-10-11-17(29-2)18(13-14)30-3/h4-13,24H,1-3H3. The highest BCUT2D eigenvalue weighted by atomic mass is 32.1. The van der Waals surface area contributed by atoms with Gasteiger partial charge in [-0.25, -0.2) is 4.90 Å². The quantitative estimate of drug-likeness (QED) is 0.560. The van der Waals surface area contributed by atoms with Crippen LogP contribution in [0.25, 0.3) is 5.57 Å². The number of anilines is 2. The highest BCUT2D eigenvalue weighted by molar-refractivity contribution is 7.11. The Morgan fingerprint density at radius 3 is 2.23 bits per heavy atom. The molecule has 0 radical (unpaired) electrons. The molecule has 2 aromatic carbocycles. The zero-order valence-electron chi connectivity index (χ0n) is 17.2. The number of nitrogens with zero attached hydrogens (tertiary/aromatic N) is 1. The molecule has 1 aliphatic rings. The first-order chi connectivity index (χ1) is 15.1. The minimum absolute atomic E-state index is 0.187. The number of hydrogen-bond acceptors (Lipinski definition) is 7. The van der Waals surface area contributed by atoms with Gasteiger partial charge in [-0.15, -0.1) is 11.3 Å². The molecule has 0 saturated heterocycles. The molecule has 8 heteroatoms. The number of amides is 2. The number of ether oxygens (including phenoxy) is 3. The number of carbonyl (C=O) groups excluding carboxylic acids is 2. The topological polar surface area (TPSA) is 77.1 Å². The summed E-state index contributed by atoms with van der Waals surface area (Å²) in [5, 5.41) is 4.98. The van der Waals surface area contributed by atoms with Crippen LogP contribution in [0.5, 0.6) is 17.2 Å². The third kappa shape index (κ3) is 3.62. The molecule has 0 fully saturated rings. The van der Waals surface area contributed by atoms with E-state index < -0.39 is 11.8 Å². The van der Waals surface area contributed by atoms with Crippen LogP contribution in [0.15, 0.2) is 65.7 Å². The second-order valence-corrected chi connectivity index (χ2v) is 7.49. The van der Waals surface area contributed by atoms with E-state index in [0.29, 0.717) is 39.1 Å². The van der Waals surface area contributed by atoms with Gasteiger partial charge in [0.2, 0.25) is 0 Å². The molecular weight excluding hydrogens is 416 g/mol. The minimum Gasteiger partial charge on any atom is -0.495 e. The van der Waals surface area contributed by atoms with Crippen LogP contribution < -0.4 is 24.4 Å². The number of para-hydroxylation sites is 2. The van der Waals surface area contributed by atoms with Crippen LogP contribution in [0, 0.1) is 0 Å². The predicted octanol–water partition coefficient (Wildman–Crippen LogP) is 4.17. The number of hydrogen-bond donors (Lipinski definition) is 1. The van der Waals surface area contributed by atoms with Gasteiger partial charge in [-0.05, 0) is 35.7 Å². The van der Waals surface area contributed by atoms with Crippen molar-refractivity contribution in [3.63, 3.8) is 0 Å². The second-order valence-electron chi connectivity index (χ2n) is 6.54. The Morgan fingerprint density at radius 2 is 1.55 bits per heavy atom. The van der Waals surface area contributed by atoms with Crippen molar-refractivity contribution >= 4 is 40.1 Å². The van der Waals surface area contributed by atoms with Gasteiger partial charge in [0.25, 0.3) is 11.8 Å². The molecule has 1 N–H and O–H groups in total. The van der Waals surface area contributed by atoms with Crippen LogP contribution >= 0.6 is 11.3 Å². The lowest BCUT2D eigenvalue weighted by atomic mass is 10.1. The zero-order valence-corrected chi connectivity index (χ0v) is 18.0. The molecule has 7 nitrogen and oxygen atoms in total. The molecule has 158 valence electrons. The number of carbonyl (C=O) groups is 2. The molecule has 0 spiro atoms. The molecule has 1 aliphatic heterocycles. The van der Waals surface area contributed by atoms with E-state index in [4.69, 9.17) is 14.2 Å². The molecule has 0 saturated carbocycles. The smallest absolute Gasteiger partial charge is 0.282 e. The first-order valence-electron chi connectivity index (χ1n) is 9.38. The maximum atomic E-state index is 13.5. The largest absolute Gasteiger partial charge is 0.495 e. The van der Waals surface area contributed by atoms with Gasteiger partial charge in [0.1, 0.15) is 11.4 Å². The first kappa shape index (κ1) is 20.5. The lowest BCUT2D eigenvalue weighted by Crippen LogP contribution is -2.32. The van der Waals surface area contributed by atoms with Crippen LogP contribution in [0.3, 0.4) is 0 Å². The molecule has 4 rings (SSSR count). The number of methoxy groups -OCH3 is 3. The maximum absolute atomic E-state index is 13.5. The van der Waals surface area contributed by atoms with E-state index in [1.165, 1.54) is 25.6 Å². The van der Waals surface area contributed by atoms with Crippen molar-refractivity contribution in [2.75, 3.05) is 31.5 Å². The van der Waals surface area contributed by atoms with Gasteiger partial charge < -0.3 is 19.5 Å². The summed E-state index contributed by atoms with van der Waals surface area (Å²) >= 11 is 1.39. The molecule has 2 heterocycles. The van der Waals surface area contributed by atoms with Gasteiger partial charge in [0.05, 0.1) is 38.3 Å². The van der Waals surface area contributed by atoms with Crippen molar-refractivity contribution in [1.29, 1.82) is 0 Å². The van der Waals surface area contributed by atoms with Gasteiger partial charge in [0, 0.05) is 10.9 Å². The van der Waals surface area contributed by atoms with Gasteiger partial charge in [-0.3, -0.25) is 9.59 Å². The fraction of sp³-hybridized carbons (Fsp3) is 0.130. The SMILES string of the molecule is COc1ccccc1NC1=C(c2cccs2)C(=O)N(c2ccc(OC)c(OC)c2)C1=O. The third-order valence-corrected chi connectivity index (χ3v) is 5.73. The first-order valence-corrected chi connectivity index (χ1v) is 10.3. The fourth-order valence-corrected chi connectivity index (χ4v) is 4.14. The fourth-order valence-electron chi connectivity index (χ4n) is 3.38. The van der Waals surface area contributed by atoms with E-state index in [0.717, 1.165) is 4.90 Å². The summed E-state index contributed by atoms with van der Waals surface area (Å²) in [6.45, 7) is 0. The monoisotopic (exact) mass is 436 g/mol. The number of thiophene rings is 1. The van der Waals surface area contributed by atoms with Gasteiger partial charge in [-0.2, -0.15) is 0 Å². The predicted molar refractivity (Wildman–Crippen MR) is 120 cm³/mol. The summed E-state index contributed by atoms with van der Waals surface area (Å²) in [4.78, 5) is 28.7. The molecule has 1 aromatic heterocycles. The van der Waals surface area contributed by atoms with Gasteiger partial charge in [0.15, 0.2) is 11.5 Å².